The van der Waals surface area contributed by atoms with E-state index in [-0.39, 0.29) is 22.3 Å². The SMILES string of the molecule is Nc1cc(Cl)nc(Nc2cc(C(F)(F)F)ccc2F)c1. The minimum atomic E-state index is -4.56. The minimum absolute atomic E-state index is 0.0416. The van der Waals surface area contributed by atoms with Crippen LogP contribution in [0.15, 0.2) is 30.3 Å². The highest BCUT2D eigenvalue weighted by atomic mass is 35.5. The second kappa shape index (κ2) is 5.16. The van der Waals surface area contributed by atoms with E-state index in [9.17, 15) is 17.6 Å². The predicted molar refractivity (Wildman–Crippen MR) is 68.3 cm³/mol. The van der Waals surface area contributed by atoms with E-state index in [4.69, 9.17) is 17.3 Å². The van der Waals surface area contributed by atoms with E-state index in [2.05, 4.69) is 10.3 Å². The molecule has 0 saturated heterocycles. The van der Waals surface area contributed by atoms with Gasteiger partial charge in [0.2, 0.25) is 0 Å². The first-order valence-electron chi connectivity index (χ1n) is 5.32. The molecule has 106 valence electrons. The Morgan fingerprint density at radius 2 is 1.85 bits per heavy atom. The fourth-order valence-electron chi connectivity index (χ4n) is 1.52. The fourth-order valence-corrected chi connectivity index (χ4v) is 1.73. The summed E-state index contributed by atoms with van der Waals surface area (Å²) < 4.78 is 51.2. The molecular formula is C12H8ClF4N3. The summed E-state index contributed by atoms with van der Waals surface area (Å²) in [6.45, 7) is 0. The second-order valence-electron chi connectivity index (χ2n) is 3.93. The van der Waals surface area contributed by atoms with Gasteiger partial charge in [-0.05, 0) is 24.3 Å². The second-order valence-corrected chi connectivity index (χ2v) is 4.31. The molecule has 20 heavy (non-hydrogen) atoms. The van der Waals surface area contributed by atoms with Crippen molar-refractivity contribution in [2.45, 2.75) is 6.18 Å². The van der Waals surface area contributed by atoms with Crippen molar-refractivity contribution >= 4 is 28.8 Å². The molecule has 3 N–H and O–H groups in total. The summed E-state index contributed by atoms with van der Waals surface area (Å²) >= 11 is 5.66. The van der Waals surface area contributed by atoms with Gasteiger partial charge in [0.25, 0.3) is 0 Å². The van der Waals surface area contributed by atoms with Crippen molar-refractivity contribution in [3.63, 3.8) is 0 Å². The number of alkyl halides is 3. The zero-order chi connectivity index (χ0) is 14.9. The van der Waals surface area contributed by atoms with Gasteiger partial charge < -0.3 is 11.1 Å². The van der Waals surface area contributed by atoms with E-state index in [0.29, 0.717) is 12.1 Å². The highest BCUT2D eigenvalue weighted by molar-refractivity contribution is 6.29. The lowest BCUT2D eigenvalue weighted by atomic mass is 10.2. The Kier molecular flexibility index (Phi) is 3.71. The van der Waals surface area contributed by atoms with E-state index < -0.39 is 17.6 Å². The predicted octanol–water partition coefficient (Wildman–Crippen LogP) is 4.22. The van der Waals surface area contributed by atoms with Gasteiger partial charge >= 0.3 is 6.18 Å². The highest BCUT2D eigenvalue weighted by Gasteiger charge is 2.31. The van der Waals surface area contributed by atoms with Gasteiger partial charge in [0.15, 0.2) is 0 Å². The minimum Gasteiger partial charge on any atom is -0.399 e. The molecule has 0 aliphatic heterocycles. The molecule has 3 nitrogen and oxygen atoms in total. The topological polar surface area (TPSA) is 50.9 Å². The lowest BCUT2D eigenvalue weighted by Crippen LogP contribution is -2.06. The molecular weight excluding hydrogens is 298 g/mol. The number of aromatic nitrogens is 1. The van der Waals surface area contributed by atoms with Crippen LogP contribution in [-0.4, -0.2) is 4.98 Å². The standard InChI is InChI=1S/C12H8ClF4N3/c13-10-4-7(18)5-11(20-10)19-9-3-6(12(15,16)17)1-2-8(9)14/h1-5H,(H3,18,19,20). The quantitative estimate of drug-likeness (QED) is 0.645. The molecule has 2 aromatic rings. The van der Waals surface area contributed by atoms with Crippen LogP contribution in [0.3, 0.4) is 0 Å². The molecule has 1 aromatic carbocycles. The van der Waals surface area contributed by atoms with Gasteiger partial charge in [0.05, 0.1) is 11.3 Å². The summed E-state index contributed by atoms with van der Waals surface area (Å²) in [5, 5.41) is 2.46. The van der Waals surface area contributed by atoms with Crippen molar-refractivity contribution in [2.24, 2.45) is 0 Å². The van der Waals surface area contributed by atoms with Gasteiger partial charge in [-0.15, -0.1) is 0 Å². The monoisotopic (exact) mass is 305 g/mol. The number of hydrogen-bond acceptors (Lipinski definition) is 3. The molecule has 1 aromatic heterocycles. The van der Waals surface area contributed by atoms with Gasteiger partial charge in [-0.3, -0.25) is 0 Å². The van der Waals surface area contributed by atoms with Crippen molar-refractivity contribution in [1.82, 2.24) is 4.98 Å². The largest absolute Gasteiger partial charge is 0.416 e. The van der Waals surface area contributed by atoms with E-state index in [1.54, 1.807) is 0 Å². The van der Waals surface area contributed by atoms with Gasteiger partial charge in [0, 0.05) is 11.8 Å². The Bertz CT molecular complexity index is 623. The zero-order valence-corrected chi connectivity index (χ0v) is 10.6. The summed E-state index contributed by atoms with van der Waals surface area (Å²) in [6.07, 6.45) is -4.56. The number of hydrogen-bond donors (Lipinski definition) is 2. The third kappa shape index (κ3) is 3.30. The number of rotatable bonds is 2. The molecule has 0 saturated carbocycles. The molecule has 0 fully saturated rings. The Morgan fingerprint density at radius 3 is 2.45 bits per heavy atom. The van der Waals surface area contributed by atoms with Crippen molar-refractivity contribution in [1.29, 1.82) is 0 Å². The number of nitrogen functional groups attached to an aromatic ring is 1. The summed E-state index contributed by atoms with van der Waals surface area (Å²) in [7, 11) is 0. The molecule has 0 unspecified atom stereocenters. The summed E-state index contributed by atoms with van der Waals surface area (Å²) in [5.74, 6) is -0.799. The van der Waals surface area contributed by atoms with Gasteiger partial charge in [-0.25, -0.2) is 9.37 Å². The number of benzene rings is 1. The lowest BCUT2D eigenvalue weighted by molar-refractivity contribution is -0.137. The highest BCUT2D eigenvalue weighted by Crippen LogP contribution is 2.32. The average Bonchev–Trinajstić information content (AvgIpc) is 2.29. The number of halogens is 5. The maximum atomic E-state index is 13.5. The van der Waals surface area contributed by atoms with Crippen molar-refractivity contribution in [3.05, 3.63) is 46.9 Å². The van der Waals surface area contributed by atoms with Crippen LogP contribution < -0.4 is 11.1 Å². The normalized spacial score (nSPS) is 11.4. The maximum absolute atomic E-state index is 13.5. The molecule has 0 amide bonds. The third-order valence-corrected chi connectivity index (χ3v) is 2.57. The Morgan fingerprint density at radius 1 is 1.15 bits per heavy atom. The number of pyridine rings is 1. The van der Waals surface area contributed by atoms with Crippen LogP contribution in [0.5, 0.6) is 0 Å². The first kappa shape index (κ1) is 14.4. The van der Waals surface area contributed by atoms with E-state index in [1.165, 1.54) is 12.1 Å². The molecule has 2 rings (SSSR count). The first-order valence-corrected chi connectivity index (χ1v) is 5.70. The van der Waals surface area contributed by atoms with Crippen molar-refractivity contribution in [3.8, 4) is 0 Å². The first-order chi connectivity index (χ1) is 9.25. The van der Waals surface area contributed by atoms with E-state index in [0.717, 1.165) is 6.07 Å². The van der Waals surface area contributed by atoms with Crippen LogP contribution in [-0.2, 0) is 6.18 Å². The number of anilines is 3. The van der Waals surface area contributed by atoms with Crippen LogP contribution in [0.1, 0.15) is 5.56 Å². The summed E-state index contributed by atoms with van der Waals surface area (Å²) in [5.41, 5.74) is 4.42. The van der Waals surface area contributed by atoms with Gasteiger partial charge in [-0.2, -0.15) is 13.2 Å². The van der Waals surface area contributed by atoms with Crippen LogP contribution >= 0.6 is 11.6 Å². The Balaban J connectivity index is 2.37. The molecule has 0 radical (unpaired) electrons. The van der Waals surface area contributed by atoms with Gasteiger partial charge in [0.1, 0.15) is 16.8 Å². The van der Waals surface area contributed by atoms with E-state index >= 15 is 0 Å². The fraction of sp³-hybridized carbons (Fsp3) is 0.0833. The van der Waals surface area contributed by atoms with Gasteiger partial charge in [-0.1, -0.05) is 11.6 Å². The van der Waals surface area contributed by atoms with Crippen LogP contribution in [0, 0.1) is 5.82 Å². The van der Waals surface area contributed by atoms with Crippen molar-refractivity contribution in [2.75, 3.05) is 11.1 Å². The smallest absolute Gasteiger partial charge is 0.399 e. The summed E-state index contributed by atoms with van der Waals surface area (Å²) in [6, 6.07) is 4.70. The maximum Gasteiger partial charge on any atom is 0.416 e. The van der Waals surface area contributed by atoms with Crippen LogP contribution in [0.4, 0.5) is 34.8 Å². The molecule has 0 atom stereocenters. The van der Waals surface area contributed by atoms with Crippen molar-refractivity contribution < 1.29 is 17.6 Å². The zero-order valence-electron chi connectivity index (χ0n) is 9.80. The number of nitrogens with zero attached hydrogens (tertiary/aromatic N) is 1. The molecule has 8 heteroatoms. The summed E-state index contributed by atoms with van der Waals surface area (Å²) in [4.78, 5) is 3.79. The van der Waals surface area contributed by atoms with Crippen LogP contribution in [0.25, 0.3) is 0 Å². The molecule has 0 bridgehead atoms. The molecule has 0 aliphatic rings. The lowest BCUT2D eigenvalue weighted by Gasteiger charge is -2.11. The van der Waals surface area contributed by atoms with E-state index in [1.807, 2.05) is 0 Å². The Hall–Kier alpha value is -2.02. The Labute approximate surface area is 116 Å². The van der Waals surface area contributed by atoms with Crippen LogP contribution in [0.2, 0.25) is 5.15 Å². The average molecular weight is 306 g/mol. The number of nitrogens with one attached hydrogen (secondary N) is 1. The third-order valence-electron chi connectivity index (χ3n) is 2.37. The molecule has 0 spiro atoms. The molecule has 1 heterocycles. The number of nitrogens with two attached hydrogens (primary N) is 1. The molecule has 0 aliphatic carbocycles.